The fourth-order valence-corrected chi connectivity index (χ4v) is 6.44. The smallest absolute Gasteiger partial charge is 0.137 e. The average molecular weight is 476 g/mol. The van der Waals surface area contributed by atoms with Crippen molar-refractivity contribution < 1.29 is 0 Å². The van der Waals surface area contributed by atoms with E-state index >= 15 is 0 Å². The largest absolute Gasteiger partial charge is 0.309 e. The maximum atomic E-state index is 4.82. The van der Waals surface area contributed by atoms with Gasteiger partial charge in [0.15, 0.2) is 0 Å². The van der Waals surface area contributed by atoms with Gasteiger partial charge in [0.25, 0.3) is 0 Å². The zero-order valence-electron chi connectivity index (χ0n) is 20.8. The second-order valence-electron chi connectivity index (χ2n) is 10.5. The number of nitrogens with zero attached hydrogens (tertiary/aromatic N) is 3. The molecule has 4 aromatic carbocycles. The van der Waals surface area contributed by atoms with Gasteiger partial charge in [-0.2, -0.15) is 0 Å². The molecule has 0 amide bonds. The molecule has 3 aromatic heterocycles. The molecule has 0 bridgehead atoms. The summed E-state index contributed by atoms with van der Waals surface area (Å²) in [6, 6.07) is 37.3. The van der Waals surface area contributed by atoms with Gasteiger partial charge in [-0.1, -0.05) is 86.6 Å². The summed E-state index contributed by atoms with van der Waals surface area (Å²) in [7, 11) is 0. The Morgan fingerprint density at radius 1 is 0.676 bits per heavy atom. The van der Waals surface area contributed by atoms with E-state index in [0.717, 1.165) is 16.9 Å². The standard InChI is InChI=1S/C34H25N3/c1-34(2)28-11-5-3-9-24(28)26-18-19-27-25-10-4-6-12-30(25)37(33(27)32(26)34)23-16-14-22(15-17-23)29-21-36-20-8-7-13-31(36)35-29/h3-21H,1-2H3. The summed E-state index contributed by atoms with van der Waals surface area (Å²) < 4.78 is 4.53. The molecular weight excluding hydrogens is 450 g/mol. The Balaban J connectivity index is 1.39. The van der Waals surface area contributed by atoms with Crippen LogP contribution in [-0.2, 0) is 5.41 Å². The van der Waals surface area contributed by atoms with Crippen LogP contribution in [0.15, 0.2) is 116 Å². The van der Waals surface area contributed by atoms with Gasteiger partial charge in [-0.05, 0) is 52.6 Å². The van der Waals surface area contributed by atoms with Gasteiger partial charge in [0.1, 0.15) is 5.65 Å². The van der Waals surface area contributed by atoms with Crippen LogP contribution in [0.1, 0.15) is 25.0 Å². The average Bonchev–Trinajstić information content (AvgIpc) is 3.58. The predicted octanol–water partition coefficient (Wildman–Crippen LogP) is 8.40. The van der Waals surface area contributed by atoms with Crippen LogP contribution in [0.5, 0.6) is 0 Å². The first-order valence-electron chi connectivity index (χ1n) is 12.8. The maximum absolute atomic E-state index is 4.82. The van der Waals surface area contributed by atoms with E-state index in [0.29, 0.717) is 0 Å². The third-order valence-electron chi connectivity index (χ3n) is 8.14. The highest BCUT2D eigenvalue weighted by Gasteiger charge is 2.38. The van der Waals surface area contributed by atoms with Crippen LogP contribution in [-0.4, -0.2) is 14.0 Å². The minimum absolute atomic E-state index is 0.0892. The summed E-state index contributed by atoms with van der Waals surface area (Å²) in [6.07, 6.45) is 4.13. The number of rotatable bonds is 2. The molecule has 3 nitrogen and oxygen atoms in total. The van der Waals surface area contributed by atoms with Gasteiger partial charge in [-0.15, -0.1) is 0 Å². The number of hydrogen-bond acceptors (Lipinski definition) is 1. The molecule has 0 saturated heterocycles. The van der Waals surface area contributed by atoms with Gasteiger partial charge in [-0.3, -0.25) is 0 Å². The number of pyridine rings is 1. The molecule has 3 heteroatoms. The number of hydrogen-bond donors (Lipinski definition) is 0. The molecule has 7 aromatic rings. The number of imidazole rings is 1. The lowest BCUT2D eigenvalue weighted by Gasteiger charge is -2.23. The molecule has 0 fully saturated rings. The van der Waals surface area contributed by atoms with Crippen molar-refractivity contribution in [3.05, 3.63) is 127 Å². The molecule has 3 heterocycles. The normalized spacial score (nSPS) is 13.9. The highest BCUT2D eigenvalue weighted by molar-refractivity contribution is 6.13. The SMILES string of the molecule is CC1(C)c2ccccc2-c2ccc3c4ccccc4n(-c4ccc(-c5cn6ccccc6n5)cc4)c3c21. The van der Waals surface area contributed by atoms with Crippen molar-refractivity contribution in [3.63, 3.8) is 0 Å². The zero-order chi connectivity index (χ0) is 24.7. The molecule has 176 valence electrons. The molecule has 0 spiro atoms. The van der Waals surface area contributed by atoms with Crippen molar-refractivity contribution in [2.45, 2.75) is 19.3 Å². The van der Waals surface area contributed by atoms with Gasteiger partial charge in [0.2, 0.25) is 0 Å². The summed E-state index contributed by atoms with van der Waals surface area (Å²) >= 11 is 0. The van der Waals surface area contributed by atoms with E-state index in [1.165, 1.54) is 49.7 Å². The molecule has 0 saturated carbocycles. The molecule has 0 radical (unpaired) electrons. The van der Waals surface area contributed by atoms with Gasteiger partial charge in [0, 0.05) is 39.8 Å². The first kappa shape index (κ1) is 20.6. The van der Waals surface area contributed by atoms with Crippen LogP contribution < -0.4 is 0 Å². The maximum Gasteiger partial charge on any atom is 0.137 e. The van der Waals surface area contributed by atoms with E-state index in [1.54, 1.807) is 0 Å². The van der Waals surface area contributed by atoms with E-state index in [1.807, 2.05) is 24.4 Å². The monoisotopic (exact) mass is 475 g/mol. The number of aromatic nitrogens is 3. The zero-order valence-corrected chi connectivity index (χ0v) is 20.8. The number of fused-ring (bicyclic) bond motifs is 8. The van der Waals surface area contributed by atoms with Crippen molar-refractivity contribution in [1.29, 1.82) is 0 Å². The molecule has 0 aliphatic heterocycles. The summed E-state index contributed by atoms with van der Waals surface area (Å²) in [5, 5.41) is 2.59. The lowest BCUT2D eigenvalue weighted by molar-refractivity contribution is 0.664. The van der Waals surface area contributed by atoms with Gasteiger partial charge in [-0.25, -0.2) is 4.98 Å². The van der Waals surface area contributed by atoms with E-state index < -0.39 is 0 Å². The Bertz CT molecular complexity index is 1970. The van der Waals surface area contributed by atoms with Crippen molar-refractivity contribution >= 4 is 27.5 Å². The summed E-state index contributed by atoms with van der Waals surface area (Å²) in [6.45, 7) is 4.73. The Kier molecular flexibility index (Phi) is 4.00. The van der Waals surface area contributed by atoms with Crippen LogP contribution in [0.2, 0.25) is 0 Å². The Morgan fingerprint density at radius 3 is 2.32 bits per heavy atom. The highest BCUT2D eigenvalue weighted by atomic mass is 15.0. The van der Waals surface area contributed by atoms with Gasteiger partial charge >= 0.3 is 0 Å². The van der Waals surface area contributed by atoms with Crippen LogP contribution in [0.4, 0.5) is 0 Å². The van der Waals surface area contributed by atoms with Crippen molar-refractivity contribution in [1.82, 2.24) is 14.0 Å². The fraction of sp³-hybridized carbons (Fsp3) is 0.0882. The number of benzene rings is 4. The van der Waals surface area contributed by atoms with Crippen molar-refractivity contribution in [3.8, 4) is 28.1 Å². The highest BCUT2D eigenvalue weighted by Crippen LogP contribution is 2.52. The summed E-state index contributed by atoms with van der Waals surface area (Å²) in [5.41, 5.74) is 12.2. The summed E-state index contributed by atoms with van der Waals surface area (Å²) in [4.78, 5) is 4.82. The predicted molar refractivity (Wildman–Crippen MR) is 153 cm³/mol. The Morgan fingerprint density at radius 2 is 1.46 bits per heavy atom. The second-order valence-corrected chi connectivity index (χ2v) is 10.5. The summed E-state index contributed by atoms with van der Waals surface area (Å²) in [5.74, 6) is 0. The van der Waals surface area contributed by atoms with E-state index in [2.05, 4.69) is 114 Å². The van der Waals surface area contributed by atoms with Crippen LogP contribution in [0.25, 0.3) is 55.5 Å². The van der Waals surface area contributed by atoms with Crippen molar-refractivity contribution in [2.75, 3.05) is 0 Å². The third-order valence-corrected chi connectivity index (χ3v) is 8.14. The molecule has 8 rings (SSSR count). The first-order valence-corrected chi connectivity index (χ1v) is 12.8. The molecule has 0 unspecified atom stereocenters. The molecule has 37 heavy (non-hydrogen) atoms. The molecule has 1 aliphatic carbocycles. The second kappa shape index (κ2) is 7.21. The minimum Gasteiger partial charge on any atom is -0.309 e. The topological polar surface area (TPSA) is 22.2 Å². The Hall–Kier alpha value is -4.63. The van der Waals surface area contributed by atoms with Crippen LogP contribution in [0.3, 0.4) is 0 Å². The molecule has 0 atom stereocenters. The minimum atomic E-state index is -0.0892. The third kappa shape index (κ3) is 2.74. The number of para-hydroxylation sites is 1. The van der Waals surface area contributed by atoms with E-state index in [4.69, 9.17) is 4.98 Å². The van der Waals surface area contributed by atoms with Crippen LogP contribution in [0, 0.1) is 0 Å². The molecule has 1 aliphatic rings. The van der Waals surface area contributed by atoms with Crippen molar-refractivity contribution in [2.24, 2.45) is 0 Å². The quantitative estimate of drug-likeness (QED) is 0.246. The van der Waals surface area contributed by atoms with Crippen LogP contribution >= 0.6 is 0 Å². The van der Waals surface area contributed by atoms with Gasteiger partial charge < -0.3 is 8.97 Å². The van der Waals surface area contributed by atoms with E-state index in [-0.39, 0.29) is 5.41 Å². The van der Waals surface area contributed by atoms with Gasteiger partial charge in [0.05, 0.1) is 16.7 Å². The fourth-order valence-electron chi connectivity index (χ4n) is 6.44. The van der Waals surface area contributed by atoms with E-state index in [9.17, 15) is 0 Å². The lowest BCUT2D eigenvalue weighted by atomic mass is 9.81. The first-order chi connectivity index (χ1) is 18.1. The Labute approximate surface area is 215 Å². The molecule has 0 N–H and O–H groups in total. The molecular formula is C34H25N3. The lowest BCUT2D eigenvalue weighted by Crippen LogP contribution is -2.16.